The van der Waals surface area contributed by atoms with Crippen molar-refractivity contribution in [2.75, 3.05) is 23.7 Å². The van der Waals surface area contributed by atoms with Crippen molar-refractivity contribution in [3.8, 4) is 11.8 Å². The third-order valence-corrected chi connectivity index (χ3v) is 6.36. The van der Waals surface area contributed by atoms with Crippen molar-refractivity contribution in [2.45, 2.75) is 25.0 Å². The van der Waals surface area contributed by atoms with Gasteiger partial charge < -0.3 is 21.1 Å². The van der Waals surface area contributed by atoms with Gasteiger partial charge in [-0.15, -0.1) is 0 Å². The second kappa shape index (κ2) is 9.66. The fraction of sp³-hybridized carbons (Fsp3) is 0.250. The number of aromatic nitrogens is 2. The van der Waals surface area contributed by atoms with Crippen LogP contribution in [0.3, 0.4) is 0 Å². The van der Waals surface area contributed by atoms with E-state index >= 15 is 0 Å². The molecule has 1 aliphatic heterocycles. The summed E-state index contributed by atoms with van der Waals surface area (Å²) in [6.07, 6.45) is 4.05. The zero-order valence-electron chi connectivity index (χ0n) is 18.7. The maximum Gasteiger partial charge on any atom is 0.166 e. The van der Waals surface area contributed by atoms with Crippen LogP contribution in [0.5, 0.6) is 5.75 Å². The summed E-state index contributed by atoms with van der Waals surface area (Å²) in [5, 5.41) is 18.2. The number of ether oxygens (including phenoxy) is 1. The number of nitrogens with zero attached hydrogens (tertiary/aromatic N) is 4. The van der Waals surface area contributed by atoms with Crippen LogP contribution in [-0.4, -0.2) is 34.3 Å². The summed E-state index contributed by atoms with van der Waals surface area (Å²) in [5.41, 5.74) is 13.0. The molecule has 0 unspecified atom stereocenters. The summed E-state index contributed by atoms with van der Waals surface area (Å²) < 4.78 is 20.9. The van der Waals surface area contributed by atoms with Crippen LogP contribution in [0.15, 0.2) is 42.9 Å². The SMILES string of the molecule is C[C@@H](Oc1ccc(N)c(C(=N)c2cnc(N3CC(N)(CC#N)C3)c(F)c2)c1)c1c(Cl)cncc1Cl. The molecule has 0 radical (unpaired) electrons. The zero-order valence-corrected chi connectivity index (χ0v) is 20.2. The summed E-state index contributed by atoms with van der Waals surface area (Å²) in [7, 11) is 0. The van der Waals surface area contributed by atoms with E-state index in [1.807, 2.05) is 6.07 Å². The Morgan fingerprint density at radius 3 is 2.60 bits per heavy atom. The molecule has 1 aliphatic rings. The Morgan fingerprint density at radius 2 is 1.97 bits per heavy atom. The van der Waals surface area contributed by atoms with E-state index in [-0.39, 0.29) is 23.5 Å². The molecule has 35 heavy (non-hydrogen) atoms. The minimum atomic E-state index is -0.662. The van der Waals surface area contributed by atoms with Crippen LogP contribution in [-0.2, 0) is 0 Å². The quantitative estimate of drug-likeness (QED) is 0.312. The van der Waals surface area contributed by atoms with Crippen LogP contribution < -0.4 is 21.1 Å². The highest BCUT2D eigenvalue weighted by Gasteiger charge is 2.41. The highest BCUT2D eigenvalue weighted by atomic mass is 35.5. The van der Waals surface area contributed by atoms with Crippen LogP contribution in [0.2, 0.25) is 10.0 Å². The number of hydrogen-bond acceptors (Lipinski definition) is 8. The first-order chi connectivity index (χ1) is 16.6. The first-order valence-electron chi connectivity index (χ1n) is 10.6. The minimum Gasteiger partial charge on any atom is -0.486 e. The maximum atomic E-state index is 14.9. The molecule has 2 aromatic heterocycles. The number of nitrogens with one attached hydrogen (secondary N) is 1. The van der Waals surface area contributed by atoms with E-state index in [0.717, 1.165) is 0 Å². The topological polar surface area (TPSA) is 138 Å². The molecule has 8 nitrogen and oxygen atoms in total. The average molecular weight is 514 g/mol. The van der Waals surface area contributed by atoms with Gasteiger partial charge in [0, 0.05) is 54.1 Å². The van der Waals surface area contributed by atoms with E-state index in [4.69, 9.17) is 50.1 Å². The van der Waals surface area contributed by atoms with Gasteiger partial charge in [0.1, 0.15) is 11.9 Å². The van der Waals surface area contributed by atoms with Gasteiger partial charge in [0.2, 0.25) is 0 Å². The minimum absolute atomic E-state index is 0.0141. The van der Waals surface area contributed by atoms with Crippen molar-refractivity contribution >= 4 is 40.4 Å². The number of rotatable bonds is 7. The molecule has 0 amide bonds. The smallest absolute Gasteiger partial charge is 0.166 e. The average Bonchev–Trinajstić information content (AvgIpc) is 2.78. The molecule has 180 valence electrons. The Hall–Kier alpha value is -3.45. The first-order valence-corrected chi connectivity index (χ1v) is 11.4. The molecule has 0 bridgehead atoms. The van der Waals surface area contributed by atoms with E-state index in [1.54, 1.807) is 30.0 Å². The Morgan fingerprint density at radius 1 is 1.29 bits per heavy atom. The molecule has 3 heterocycles. The largest absolute Gasteiger partial charge is 0.486 e. The second-order valence-electron chi connectivity index (χ2n) is 8.48. The number of anilines is 2. The van der Waals surface area contributed by atoms with Gasteiger partial charge in [-0.2, -0.15) is 5.26 Å². The molecule has 0 spiro atoms. The highest BCUT2D eigenvalue weighted by molar-refractivity contribution is 6.35. The Bertz CT molecular complexity index is 1320. The van der Waals surface area contributed by atoms with E-state index in [1.165, 1.54) is 24.7 Å². The van der Waals surface area contributed by atoms with Gasteiger partial charge in [0.25, 0.3) is 0 Å². The second-order valence-corrected chi connectivity index (χ2v) is 9.30. The predicted octanol–water partition coefficient (Wildman–Crippen LogP) is 4.49. The lowest BCUT2D eigenvalue weighted by Crippen LogP contribution is -2.67. The van der Waals surface area contributed by atoms with Gasteiger partial charge in [0.15, 0.2) is 11.6 Å². The van der Waals surface area contributed by atoms with E-state index < -0.39 is 17.5 Å². The first kappa shape index (κ1) is 24.7. The van der Waals surface area contributed by atoms with Crippen LogP contribution >= 0.6 is 23.2 Å². The van der Waals surface area contributed by atoms with Crippen LogP contribution in [0.25, 0.3) is 0 Å². The van der Waals surface area contributed by atoms with Crippen molar-refractivity contribution in [2.24, 2.45) is 5.73 Å². The van der Waals surface area contributed by atoms with Crippen molar-refractivity contribution in [1.29, 1.82) is 10.7 Å². The number of nitrogen functional groups attached to an aromatic ring is 1. The van der Waals surface area contributed by atoms with Gasteiger partial charge in [-0.1, -0.05) is 23.2 Å². The lowest BCUT2D eigenvalue weighted by atomic mass is 9.88. The Balaban J connectivity index is 1.54. The standard InChI is InChI=1S/C24H22Cl2FN7O/c1-13(21-17(25)9-32-10-18(21)26)35-15-2-3-20(29)16(7-15)22(30)14-6-19(27)23(33-8-14)34-11-24(31,12-34)4-5-28/h2-3,6-10,13,30H,4,11-12,29,31H2,1H3/t13-/m1/s1. The molecule has 11 heteroatoms. The molecule has 0 aliphatic carbocycles. The van der Waals surface area contributed by atoms with Crippen molar-refractivity contribution < 1.29 is 9.13 Å². The van der Waals surface area contributed by atoms with E-state index in [0.29, 0.717) is 45.7 Å². The summed E-state index contributed by atoms with van der Waals surface area (Å²) >= 11 is 12.5. The molecule has 5 N–H and O–H groups in total. The highest BCUT2D eigenvalue weighted by Crippen LogP contribution is 2.34. The lowest BCUT2D eigenvalue weighted by molar-refractivity contribution is 0.227. The summed E-state index contributed by atoms with van der Waals surface area (Å²) in [5.74, 6) is -0.0313. The predicted molar refractivity (Wildman–Crippen MR) is 134 cm³/mol. The fourth-order valence-corrected chi connectivity index (χ4v) is 4.66. The Labute approximate surface area is 211 Å². The molecule has 1 atom stereocenters. The van der Waals surface area contributed by atoms with Gasteiger partial charge in [-0.25, -0.2) is 9.37 Å². The monoisotopic (exact) mass is 513 g/mol. The molecule has 3 aromatic rings. The van der Waals surface area contributed by atoms with Gasteiger partial charge in [-0.3, -0.25) is 10.4 Å². The number of nitriles is 1. The van der Waals surface area contributed by atoms with Crippen LogP contribution in [0.4, 0.5) is 15.9 Å². The van der Waals surface area contributed by atoms with Gasteiger partial charge in [0.05, 0.1) is 33.8 Å². The van der Waals surface area contributed by atoms with Gasteiger partial charge in [-0.05, 0) is 31.2 Å². The number of halogens is 3. The number of benzene rings is 1. The van der Waals surface area contributed by atoms with Gasteiger partial charge >= 0.3 is 0 Å². The molecule has 4 rings (SSSR count). The van der Waals surface area contributed by atoms with Crippen molar-refractivity contribution in [3.63, 3.8) is 0 Å². The molecule has 0 saturated carbocycles. The third kappa shape index (κ3) is 5.00. The van der Waals surface area contributed by atoms with E-state index in [9.17, 15) is 4.39 Å². The van der Waals surface area contributed by atoms with Crippen LogP contribution in [0.1, 0.15) is 36.1 Å². The third-order valence-electron chi connectivity index (χ3n) is 5.76. The summed E-state index contributed by atoms with van der Waals surface area (Å²) in [4.78, 5) is 9.80. The molecule has 1 aromatic carbocycles. The summed E-state index contributed by atoms with van der Waals surface area (Å²) in [6.45, 7) is 2.45. The maximum absolute atomic E-state index is 14.9. The van der Waals surface area contributed by atoms with Crippen molar-refractivity contribution in [3.05, 3.63) is 75.4 Å². The summed E-state index contributed by atoms with van der Waals surface area (Å²) in [6, 6.07) is 8.15. The molecule has 1 saturated heterocycles. The van der Waals surface area contributed by atoms with Crippen molar-refractivity contribution in [1.82, 2.24) is 9.97 Å². The zero-order chi connectivity index (χ0) is 25.3. The number of nitrogens with two attached hydrogens (primary N) is 2. The molecular formula is C24H22Cl2FN7O. The van der Waals surface area contributed by atoms with E-state index in [2.05, 4.69) is 9.97 Å². The normalized spacial score (nSPS) is 15.1. The number of hydrogen-bond donors (Lipinski definition) is 3. The van der Waals surface area contributed by atoms with Crippen LogP contribution in [0, 0.1) is 22.6 Å². The molecular weight excluding hydrogens is 492 g/mol. The Kier molecular flexibility index (Phi) is 6.81. The number of pyridine rings is 2. The fourth-order valence-electron chi connectivity index (χ4n) is 3.99. The molecule has 1 fully saturated rings. The lowest BCUT2D eigenvalue weighted by Gasteiger charge is -2.47.